The molecule has 5 heterocycles. The van der Waals surface area contributed by atoms with Crippen molar-refractivity contribution in [1.29, 1.82) is 10.5 Å². The van der Waals surface area contributed by atoms with Gasteiger partial charge in [-0.05, 0) is 0 Å². The average molecular weight is 626 g/mol. The molecular weight excluding hydrogens is 615 g/mol. The van der Waals surface area contributed by atoms with E-state index in [9.17, 15) is 0 Å². The van der Waals surface area contributed by atoms with Gasteiger partial charge in [0.05, 0.1) is 23.6 Å². The lowest BCUT2D eigenvalue weighted by atomic mass is 10.2. The molecule has 0 spiro atoms. The second-order valence-electron chi connectivity index (χ2n) is 8.06. The van der Waals surface area contributed by atoms with E-state index in [2.05, 4.69) is 29.9 Å². The Kier molecular flexibility index (Phi) is 6.78. The summed E-state index contributed by atoms with van der Waals surface area (Å²) in [5, 5.41) is 29.6. The summed E-state index contributed by atoms with van der Waals surface area (Å²) in [4.78, 5) is 27.2. The van der Waals surface area contributed by atoms with Gasteiger partial charge in [0.1, 0.15) is 65.5 Å². The second kappa shape index (κ2) is 10.6. The summed E-state index contributed by atoms with van der Waals surface area (Å²) in [6.07, 6.45) is 0. The van der Waals surface area contributed by atoms with Crippen molar-refractivity contribution < 1.29 is 9.47 Å². The number of hydrogen-bond donors (Lipinski definition) is 0. The third-order valence-corrected chi connectivity index (χ3v) is 10.3. The maximum atomic E-state index is 9.13. The number of amidine groups is 2. The maximum Gasteiger partial charge on any atom is 0.350 e. The molecule has 0 aliphatic rings. The third-order valence-electron chi connectivity index (χ3n) is 5.67. The lowest BCUT2D eigenvalue weighted by molar-refractivity contribution is 0.418. The van der Waals surface area contributed by atoms with Gasteiger partial charge >= 0.3 is 11.7 Å². The van der Waals surface area contributed by atoms with Crippen LogP contribution >= 0.6 is 45.3 Å². The maximum absolute atomic E-state index is 9.13. The molecule has 0 N–H and O–H groups in total. The van der Waals surface area contributed by atoms with Crippen molar-refractivity contribution in [1.82, 2.24) is 25.0 Å². The fourth-order valence-electron chi connectivity index (χ4n) is 3.98. The minimum atomic E-state index is -0.272. The van der Waals surface area contributed by atoms with Crippen LogP contribution in [0.2, 0.25) is 0 Å². The number of ether oxygens (including phenoxy) is 2. The van der Waals surface area contributed by atoms with Crippen LogP contribution in [-0.2, 0) is 7.05 Å². The van der Waals surface area contributed by atoms with E-state index in [0.29, 0.717) is 63.3 Å². The number of aryl methyl sites for hydroxylation is 1. The van der Waals surface area contributed by atoms with Gasteiger partial charge in [0.15, 0.2) is 0 Å². The number of nitrogens with zero attached hydrogens (tertiary/aromatic N) is 11. The van der Waals surface area contributed by atoms with Crippen LogP contribution in [0.3, 0.4) is 0 Å². The molecule has 5 aromatic heterocycles. The van der Waals surface area contributed by atoms with E-state index in [4.69, 9.17) is 43.1 Å². The van der Waals surface area contributed by atoms with E-state index < -0.39 is 0 Å². The van der Waals surface area contributed by atoms with Gasteiger partial charge in [-0.3, -0.25) is 0 Å². The van der Waals surface area contributed by atoms with Crippen LogP contribution in [0.25, 0.3) is 60.9 Å². The first kappa shape index (κ1) is 26.9. The van der Waals surface area contributed by atoms with Gasteiger partial charge in [-0.15, -0.1) is 22.7 Å². The highest BCUT2D eigenvalue weighted by Gasteiger charge is 2.26. The highest BCUT2D eigenvalue weighted by atomic mass is 32.1. The smallest absolute Gasteiger partial charge is 0.350 e. The van der Waals surface area contributed by atoms with Crippen LogP contribution in [-0.4, -0.2) is 50.9 Å². The zero-order chi connectivity index (χ0) is 29.5. The summed E-state index contributed by atoms with van der Waals surface area (Å²) in [6.45, 7) is 14.2. The largest absolute Gasteiger partial charge is 0.495 e. The Morgan fingerprint density at radius 1 is 0.786 bits per heavy atom. The van der Waals surface area contributed by atoms with Gasteiger partial charge in [-0.2, -0.15) is 15.0 Å². The van der Waals surface area contributed by atoms with E-state index in [1.54, 1.807) is 31.3 Å². The Hall–Kier alpha value is -5.30. The summed E-state index contributed by atoms with van der Waals surface area (Å²) >= 11 is 5.39. The molecule has 0 aliphatic heterocycles. The summed E-state index contributed by atoms with van der Waals surface area (Å²) in [6, 6.07) is 6.89. The molecule has 0 fully saturated rings. The quantitative estimate of drug-likeness (QED) is 0.114. The van der Waals surface area contributed by atoms with Gasteiger partial charge in [0.2, 0.25) is 10.0 Å². The van der Waals surface area contributed by atoms with E-state index in [-0.39, 0.29) is 11.7 Å². The van der Waals surface area contributed by atoms with E-state index in [1.165, 1.54) is 64.4 Å². The van der Waals surface area contributed by atoms with E-state index >= 15 is 0 Å². The Bertz CT molecular complexity index is 2110. The first-order valence-corrected chi connectivity index (χ1v) is 14.7. The Morgan fingerprint density at radius 3 is 1.57 bits per heavy atom. The molecular formula is C25H11N11O2S4. The van der Waals surface area contributed by atoms with Crippen LogP contribution in [0.4, 0.5) is 10.0 Å². The predicted molar refractivity (Wildman–Crippen MR) is 163 cm³/mol. The molecule has 42 heavy (non-hydrogen) atoms. The van der Waals surface area contributed by atoms with Crippen molar-refractivity contribution >= 4 is 98.5 Å². The molecule has 0 atom stereocenters. The molecule has 1 aromatic carbocycles. The number of thiazole rings is 2. The fraction of sp³-hybridized carbons (Fsp3) is 0.120. The molecule has 0 saturated carbocycles. The zero-order valence-corrected chi connectivity index (χ0v) is 24.8. The molecule has 0 radical (unpaired) electrons. The van der Waals surface area contributed by atoms with Crippen LogP contribution in [0.5, 0.6) is 11.5 Å². The van der Waals surface area contributed by atoms with Crippen molar-refractivity contribution in [2.75, 3.05) is 14.2 Å². The molecule has 13 nitrogen and oxygen atoms in total. The van der Waals surface area contributed by atoms with Crippen molar-refractivity contribution in [2.45, 2.75) is 0 Å². The zero-order valence-electron chi connectivity index (χ0n) is 21.5. The number of rotatable bonds is 6. The van der Waals surface area contributed by atoms with Gasteiger partial charge in [0.25, 0.3) is 0 Å². The van der Waals surface area contributed by atoms with E-state index in [0.717, 1.165) is 9.40 Å². The molecule has 0 saturated heterocycles. The van der Waals surface area contributed by atoms with Gasteiger partial charge in [0, 0.05) is 19.2 Å². The number of benzene rings is 1. The lowest BCUT2D eigenvalue weighted by Gasteiger charge is -1.96. The summed E-state index contributed by atoms with van der Waals surface area (Å²) in [5.74, 6) is 0.491. The monoisotopic (exact) mass is 625 g/mol. The van der Waals surface area contributed by atoms with Crippen LogP contribution in [0, 0.1) is 35.8 Å². The predicted octanol–water partition coefficient (Wildman–Crippen LogP) is 6.61. The first-order chi connectivity index (χ1) is 20.4. The topological polar surface area (TPSA) is 156 Å². The second-order valence-corrected chi connectivity index (χ2v) is 12.1. The van der Waals surface area contributed by atoms with Gasteiger partial charge in [-0.25, -0.2) is 20.5 Å². The van der Waals surface area contributed by atoms with Crippen LogP contribution in [0.1, 0.15) is 0 Å². The third kappa shape index (κ3) is 4.39. The normalized spacial score (nSPS) is 11.9. The van der Waals surface area contributed by atoms with Crippen molar-refractivity contribution in [3.05, 3.63) is 35.0 Å². The molecule has 0 aliphatic carbocycles. The number of aliphatic imine (C=N–C) groups is 2. The minimum Gasteiger partial charge on any atom is -0.495 e. The summed E-state index contributed by atoms with van der Waals surface area (Å²) in [5.41, 5.74) is 2.48. The minimum absolute atomic E-state index is 0.272. The fourth-order valence-corrected chi connectivity index (χ4v) is 8.40. The Balaban J connectivity index is 1.58. The molecule has 6 aromatic rings. The summed E-state index contributed by atoms with van der Waals surface area (Å²) in [7, 11) is 4.79. The molecule has 0 unspecified atom stereocenters. The van der Waals surface area contributed by atoms with Gasteiger partial charge < -0.3 is 19.2 Å². The average Bonchev–Trinajstić information content (AvgIpc) is 3.82. The van der Waals surface area contributed by atoms with Crippen molar-refractivity contribution in [2.24, 2.45) is 17.0 Å². The Morgan fingerprint density at radius 2 is 1.21 bits per heavy atom. The van der Waals surface area contributed by atoms with E-state index in [1.807, 2.05) is 0 Å². The number of fused-ring (bicyclic) bond motifs is 6. The van der Waals surface area contributed by atoms with Gasteiger partial charge in [-0.1, -0.05) is 45.8 Å². The number of nitriles is 2. The molecule has 6 rings (SSSR count). The first-order valence-electron chi connectivity index (χ1n) is 11.4. The standard InChI is InChI=1S/C25H11N11O2S4/c1-28-12(8-26)30-14-6-10(37-4)20(39-14)24-32-18-16-17(35-36(3)34-16)19-23(22(18)41-24)42-25(33-19)21-11(38-5)7-15(40-21)31-13(9-27)29-2/h6-7H,3-5H3. The molecule has 0 bridgehead atoms. The SMILES string of the molecule is [C-]#[N+]C(C#N)=Nc1cc(OC)c(-c2nc3c4nn(C)nc4c4nc(-c5sc(N=C(C#N)[N+]#[C-])cc5OC)sc4c3s2)s1. The van der Waals surface area contributed by atoms with Crippen molar-refractivity contribution in [3.63, 3.8) is 0 Å². The number of hydrogen-bond acceptors (Lipinski definition) is 14. The summed E-state index contributed by atoms with van der Waals surface area (Å²) < 4.78 is 12.9. The number of methoxy groups -OCH3 is 2. The highest BCUT2D eigenvalue weighted by Crippen LogP contribution is 2.50. The molecule has 17 heteroatoms. The Labute approximate surface area is 252 Å². The molecule has 0 amide bonds. The highest BCUT2D eigenvalue weighted by molar-refractivity contribution is 7.32. The lowest BCUT2D eigenvalue weighted by Crippen LogP contribution is -1.90. The number of aromatic nitrogens is 5. The van der Waals surface area contributed by atoms with Crippen LogP contribution in [0.15, 0.2) is 22.1 Å². The molecule has 202 valence electrons. The van der Waals surface area contributed by atoms with Crippen molar-refractivity contribution in [3.8, 4) is 43.4 Å². The van der Waals surface area contributed by atoms with Crippen LogP contribution < -0.4 is 9.47 Å². The number of thiophene rings is 2.